The fraction of sp³-hybridized carbons (Fsp3) is 0.300. The number of carbonyl (C=O) groups excluding carboxylic acids is 2. The molecule has 4 nitrogen and oxygen atoms in total. The Morgan fingerprint density at radius 3 is 2.16 bits per heavy atom. The molecule has 0 bridgehead atoms. The highest BCUT2D eigenvalue weighted by atomic mass is 32.2. The van der Waals surface area contributed by atoms with Gasteiger partial charge in [0.2, 0.25) is 11.8 Å². The first-order chi connectivity index (χ1) is 11.9. The summed E-state index contributed by atoms with van der Waals surface area (Å²) in [5.74, 6) is 0.0287. The first kappa shape index (κ1) is 19.1. The zero-order valence-electron chi connectivity index (χ0n) is 15.1. The second-order valence-electron chi connectivity index (χ2n) is 6.12. The molecule has 2 amide bonds. The molecule has 0 aliphatic carbocycles. The number of hydrogen-bond donors (Lipinski definition) is 2. The molecule has 0 aliphatic rings. The molecule has 132 valence electrons. The maximum atomic E-state index is 12.4. The maximum Gasteiger partial charge on any atom is 0.237 e. The van der Waals surface area contributed by atoms with Crippen molar-refractivity contribution < 1.29 is 9.59 Å². The molecule has 0 heterocycles. The van der Waals surface area contributed by atoms with Crippen LogP contribution >= 0.6 is 11.8 Å². The van der Waals surface area contributed by atoms with Crippen LogP contribution < -0.4 is 10.6 Å². The van der Waals surface area contributed by atoms with Crippen molar-refractivity contribution in [2.24, 2.45) is 0 Å². The molecule has 1 atom stereocenters. The Morgan fingerprint density at radius 1 is 0.960 bits per heavy atom. The van der Waals surface area contributed by atoms with Gasteiger partial charge in [0.25, 0.3) is 0 Å². The fourth-order valence-corrected chi connectivity index (χ4v) is 3.03. The van der Waals surface area contributed by atoms with E-state index in [0.29, 0.717) is 0 Å². The zero-order valence-corrected chi connectivity index (χ0v) is 15.9. The highest BCUT2D eigenvalue weighted by Gasteiger charge is 2.17. The molecule has 0 saturated carbocycles. The Hall–Kier alpha value is -2.27. The van der Waals surface area contributed by atoms with Crippen LogP contribution in [0.2, 0.25) is 0 Å². The molecular formula is C20H24N2O2S. The number of rotatable bonds is 6. The van der Waals surface area contributed by atoms with Crippen LogP contribution in [0.4, 0.5) is 11.4 Å². The highest BCUT2D eigenvalue weighted by Crippen LogP contribution is 2.21. The Bertz CT molecular complexity index is 737. The summed E-state index contributed by atoms with van der Waals surface area (Å²) in [5.41, 5.74) is 4.82. The largest absolute Gasteiger partial charge is 0.325 e. The van der Waals surface area contributed by atoms with Crippen LogP contribution in [0.3, 0.4) is 0 Å². The molecule has 2 aromatic rings. The van der Waals surface area contributed by atoms with E-state index in [2.05, 4.69) is 10.6 Å². The summed E-state index contributed by atoms with van der Waals surface area (Å²) in [6.07, 6.45) is 0. The molecule has 2 aromatic carbocycles. The second kappa shape index (κ2) is 8.72. The van der Waals surface area contributed by atoms with Crippen molar-refractivity contribution in [3.05, 3.63) is 59.2 Å². The van der Waals surface area contributed by atoms with Crippen molar-refractivity contribution in [2.75, 3.05) is 16.4 Å². The molecule has 0 radical (unpaired) electrons. The minimum absolute atomic E-state index is 0.0921. The van der Waals surface area contributed by atoms with Crippen molar-refractivity contribution in [1.29, 1.82) is 0 Å². The van der Waals surface area contributed by atoms with Crippen LogP contribution in [0.15, 0.2) is 42.5 Å². The molecule has 5 heteroatoms. The topological polar surface area (TPSA) is 58.2 Å². The summed E-state index contributed by atoms with van der Waals surface area (Å²) in [6, 6.07) is 13.5. The summed E-state index contributed by atoms with van der Waals surface area (Å²) in [7, 11) is 0. The van der Waals surface area contributed by atoms with E-state index in [0.717, 1.165) is 28.1 Å². The number of aryl methyl sites for hydroxylation is 3. The number of para-hydroxylation sites is 1. The van der Waals surface area contributed by atoms with Gasteiger partial charge in [0, 0.05) is 11.4 Å². The number of carbonyl (C=O) groups is 2. The molecule has 0 spiro atoms. The number of nitrogens with one attached hydrogen (secondary N) is 2. The molecule has 2 N–H and O–H groups in total. The Labute approximate surface area is 153 Å². The number of amides is 2. The third-order valence-corrected chi connectivity index (χ3v) is 5.04. The number of thioether (sulfide) groups is 1. The minimum atomic E-state index is -0.317. The molecule has 0 fully saturated rings. The van der Waals surface area contributed by atoms with Crippen LogP contribution in [0, 0.1) is 20.8 Å². The summed E-state index contributed by atoms with van der Waals surface area (Å²) < 4.78 is 0. The van der Waals surface area contributed by atoms with E-state index in [1.807, 2.05) is 70.2 Å². The third kappa shape index (κ3) is 5.64. The fourth-order valence-electron chi connectivity index (χ4n) is 2.35. The van der Waals surface area contributed by atoms with Gasteiger partial charge in [-0.3, -0.25) is 9.59 Å². The molecule has 25 heavy (non-hydrogen) atoms. The van der Waals surface area contributed by atoms with Gasteiger partial charge < -0.3 is 10.6 Å². The van der Waals surface area contributed by atoms with E-state index in [1.165, 1.54) is 11.8 Å². The SMILES string of the molecule is Cc1ccc(NC(=O)CSC(C)C(=O)Nc2c(C)cccc2C)cc1. The van der Waals surface area contributed by atoms with Crippen LogP contribution in [0.5, 0.6) is 0 Å². The van der Waals surface area contributed by atoms with Gasteiger partial charge in [-0.15, -0.1) is 11.8 Å². The Kier molecular flexibility index (Phi) is 6.65. The van der Waals surface area contributed by atoms with E-state index < -0.39 is 0 Å². The summed E-state index contributed by atoms with van der Waals surface area (Å²) >= 11 is 1.32. The van der Waals surface area contributed by atoms with Crippen LogP contribution in [-0.2, 0) is 9.59 Å². The molecule has 2 rings (SSSR count). The van der Waals surface area contributed by atoms with Crippen LogP contribution in [-0.4, -0.2) is 22.8 Å². The van der Waals surface area contributed by atoms with Crippen molar-refractivity contribution in [1.82, 2.24) is 0 Å². The van der Waals surface area contributed by atoms with E-state index in [9.17, 15) is 9.59 Å². The lowest BCUT2D eigenvalue weighted by molar-refractivity contribution is -0.115. The highest BCUT2D eigenvalue weighted by molar-refractivity contribution is 8.01. The van der Waals surface area contributed by atoms with Gasteiger partial charge in [-0.25, -0.2) is 0 Å². The van der Waals surface area contributed by atoms with E-state index in [-0.39, 0.29) is 22.8 Å². The van der Waals surface area contributed by atoms with Crippen LogP contribution in [0.1, 0.15) is 23.6 Å². The lowest BCUT2D eigenvalue weighted by atomic mass is 10.1. The van der Waals surface area contributed by atoms with E-state index in [4.69, 9.17) is 0 Å². The molecular weight excluding hydrogens is 332 g/mol. The Morgan fingerprint density at radius 2 is 1.56 bits per heavy atom. The summed E-state index contributed by atoms with van der Waals surface area (Å²) in [5, 5.41) is 5.49. The predicted octanol–water partition coefficient (Wildman–Crippen LogP) is 4.31. The lowest BCUT2D eigenvalue weighted by Gasteiger charge is -2.15. The first-order valence-electron chi connectivity index (χ1n) is 8.22. The normalized spacial score (nSPS) is 11.7. The minimum Gasteiger partial charge on any atom is -0.325 e. The number of hydrogen-bond acceptors (Lipinski definition) is 3. The van der Waals surface area contributed by atoms with Gasteiger partial charge in [0.1, 0.15) is 0 Å². The first-order valence-corrected chi connectivity index (χ1v) is 9.27. The third-order valence-electron chi connectivity index (χ3n) is 3.90. The van der Waals surface area contributed by atoms with Gasteiger partial charge in [0.15, 0.2) is 0 Å². The molecule has 0 saturated heterocycles. The zero-order chi connectivity index (χ0) is 18.4. The molecule has 0 aliphatic heterocycles. The average molecular weight is 356 g/mol. The quantitative estimate of drug-likeness (QED) is 0.811. The summed E-state index contributed by atoms with van der Waals surface area (Å²) in [4.78, 5) is 24.4. The van der Waals surface area contributed by atoms with Crippen molar-refractivity contribution >= 4 is 35.0 Å². The maximum absolute atomic E-state index is 12.4. The average Bonchev–Trinajstić information content (AvgIpc) is 2.58. The summed E-state index contributed by atoms with van der Waals surface area (Å²) in [6.45, 7) is 7.75. The van der Waals surface area contributed by atoms with Crippen molar-refractivity contribution in [3.8, 4) is 0 Å². The van der Waals surface area contributed by atoms with Gasteiger partial charge in [-0.2, -0.15) is 0 Å². The van der Waals surface area contributed by atoms with E-state index in [1.54, 1.807) is 0 Å². The van der Waals surface area contributed by atoms with Crippen molar-refractivity contribution in [2.45, 2.75) is 32.9 Å². The van der Waals surface area contributed by atoms with Gasteiger partial charge in [-0.05, 0) is 51.0 Å². The standard InChI is InChI=1S/C20H24N2O2S/c1-13-8-10-17(11-9-13)21-18(23)12-25-16(4)20(24)22-19-14(2)6-5-7-15(19)3/h5-11,16H,12H2,1-4H3,(H,21,23)(H,22,24). The van der Waals surface area contributed by atoms with E-state index >= 15 is 0 Å². The lowest BCUT2D eigenvalue weighted by Crippen LogP contribution is -2.25. The molecule has 0 aromatic heterocycles. The molecule has 1 unspecified atom stereocenters. The smallest absolute Gasteiger partial charge is 0.237 e. The Balaban J connectivity index is 1.84. The van der Waals surface area contributed by atoms with Gasteiger partial charge >= 0.3 is 0 Å². The van der Waals surface area contributed by atoms with Crippen molar-refractivity contribution in [3.63, 3.8) is 0 Å². The van der Waals surface area contributed by atoms with Gasteiger partial charge in [-0.1, -0.05) is 35.9 Å². The number of anilines is 2. The monoisotopic (exact) mass is 356 g/mol. The number of benzene rings is 2. The predicted molar refractivity (Wildman–Crippen MR) is 106 cm³/mol. The van der Waals surface area contributed by atoms with Crippen LogP contribution in [0.25, 0.3) is 0 Å². The van der Waals surface area contributed by atoms with Gasteiger partial charge in [0.05, 0.1) is 11.0 Å². The second-order valence-corrected chi connectivity index (χ2v) is 7.45.